The minimum atomic E-state index is 0. The van der Waals surface area contributed by atoms with Crippen molar-refractivity contribution in [2.24, 2.45) is 0 Å². The molecule has 2 rings (SSSR count). The summed E-state index contributed by atoms with van der Waals surface area (Å²) in [5.74, 6) is 1.61. The fourth-order valence-electron chi connectivity index (χ4n) is 3.71. The Balaban J connectivity index is 0.00000512. The molecule has 3 nitrogen and oxygen atoms in total. The minimum Gasteiger partial charge on any atom is -0.493 e. The number of rotatable bonds is 13. The molecule has 171 valence electrons. The van der Waals surface area contributed by atoms with Gasteiger partial charge in [0.05, 0.1) is 13.2 Å². The van der Waals surface area contributed by atoms with Gasteiger partial charge in [-0.25, -0.2) is 0 Å². The van der Waals surface area contributed by atoms with Crippen molar-refractivity contribution in [1.82, 2.24) is 0 Å². The fraction of sp³-hybridized carbons (Fsp3) is 0.519. The van der Waals surface area contributed by atoms with E-state index in [-0.39, 0.29) is 33.0 Å². The zero-order chi connectivity index (χ0) is 22.8. The third kappa shape index (κ3) is 8.26. The summed E-state index contributed by atoms with van der Waals surface area (Å²) >= 11 is 0. The smallest absolute Gasteiger partial charge is 0.186 e. The molecule has 0 spiro atoms. The van der Waals surface area contributed by atoms with Crippen LogP contribution in [0, 0.1) is 27.7 Å². The molecule has 0 aliphatic rings. The molecule has 0 amide bonds. The molecule has 0 saturated carbocycles. The van der Waals surface area contributed by atoms with Crippen molar-refractivity contribution in [3.63, 3.8) is 0 Å². The molecule has 0 saturated heterocycles. The van der Waals surface area contributed by atoms with Crippen molar-refractivity contribution >= 4 is 38.3 Å². The third-order valence-electron chi connectivity index (χ3n) is 5.81. The summed E-state index contributed by atoms with van der Waals surface area (Å²) in [7, 11) is 0.0319. The molecule has 5 heteroatoms. The second-order valence-corrected chi connectivity index (χ2v) is 9.60. The second kappa shape index (κ2) is 14.8. The van der Waals surface area contributed by atoms with Crippen LogP contribution in [0.5, 0.6) is 11.5 Å². The number of carbonyl (C=O) groups excluding carboxylic acids is 1. The first-order valence-electron chi connectivity index (χ1n) is 11.7. The van der Waals surface area contributed by atoms with Gasteiger partial charge >= 0.3 is 0 Å². The molecule has 0 N–H and O–H groups in total. The van der Waals surface area contributed by atoms with Crippen LogP contribution < -0.4 is 14.8 Å². The van der Waals surface area contributed by atoms with Crippen LogP contribution in [0.2, 0.25) is 0 Å². The Morgan fingerprint density at radius 3 is 2.06 bits per heavy atom. The molecule has 0 aromatic heterocycles. The van der Waals surface area contributed by atoms with Crippen molar-refractivity contribution in [2.75, 3.05) is 13.2 Å². The van der Waals surface area contributed by atoms with Crippen molar-refractivity contribution in [3.05, 3.63) is 52.1 Å². The first kappa shape index (κ1) is 28.8. The molecule has 1 radical (unpaired) electrons. The van der Waals surface area contributed by atoms with E-state index in [2.05, 4.69) is 40.7 Å². The van der Waals surface area contributed by atoms with Gasteiger partial charge in [0.25, 0.3) is 0 Å². The predicted molar refractivity (Wildman–Crippen MR) is 140 cm³/mol. The summed E-state index contributed by atoms with van der Waals surface area (Å²) in [4.78, 5) is 13.3. The van der Waals surface area contributed by atoms with E-state index in [0.717, 1.165) is 59.2 Å². The van der Waals surface area contributed by atoms with Crippen LogP contribution in [-0.2, 0) is 0 Å². The fourth-order valence-corrected chi connectivity index (χ4v) is 4.90. The van der Waals surface area contributed by atoms with E-state index in [1.807, 2.05) is 25.1 Å². The van der Waals surface area contributed by atoms with Gasteiger partial charge in [0.1, 0.15) is 11.5 Å². The Morgan fingerprint density at radius 1 is 0.812 bits per heavy atom. The second-order valence-electron chi connectivity index (χ2n) is 8.36. The quantitative estimate of drug-likeness (QED) is 0.191. The zero-order valence-electron chi connectivity index (χ0n) is 21.2. The Morgan fingerprint density at radius 2 is 1.44 bits per heavy atom. The van der Waals surface area contributed by atoms with Gasteiger partial charge in [-0.1, -0.05) is 45.6 Å². The van der Waals surface area contributed by atoms with Gasteiger partial charge in [-0.2, -0.15) is 0 Å². The van der Waals surface area contributed by atoms with Gasteiger partial charge in [0.2, 0.25) is 0 Å². The zero-order valence-corrected chi connectivity index (χ0v) is 22.2. The standard InChI is InChI=1S/C27H39O3P.Li/c1-7-9-11-15-29-23-13-14-25(24(18-23)30-16-12-10-8-2)31-27(28)26-20(4)17-19(3)21(5)22(26)6;/h13-14,17-18,31H,7-12,15-16H2,1-6H3;. The molecule has 0 bridgehead atoms. The Labute approximate surface area is 209 Å². The van der Waals surface area contributed by atoms with Crippen LogP contribution in [0.3, 0.4) is 0 Å². The molecule has 0 heterocycles. The van der Waals surface area contributed by atoms with Crippen LogP contribution in [-0.4, -0.2) is 37.6 Å². The molecule has 2 aromatic rings. The maximum Gasteiger partial charge on any atom is 0.186 e. The minimum absolute atomic E-state index is 0. The monoisotopic (exact) mass is 449 g/mol. The van der Waals surface area contributed by atoms with Gasteiger partial charge in [-0.3, -0.25) is 4.79 Å². The van der Waals surface area contributed by atoms with E-state index in [1.165, 1.54) is 24.0 Å². The summed E-state index contributed by atoms with van der Waals surface area (Å²) in [5.41, 5.74) is 5.62. The number of carbonyl (C=O) groups is 1. The molecule has 1 unspecified atom stereocenters. The normalized spacial score (nSPS) is 10.9. The first-order chi connectivity index (χ1) is 14.9. The maximum absolute atomic E-state index is 13.3. The van der Waals surface area contributed by atoms with E-state index < -0.39 is 0 Å². The molecule has 2 aromatic carbocycles. The van der Waals surface area contributed by atoms with E-state index in [4.69, 9.17) is 9.47 Å². The number of unbranched alkanes of at least 4 members (excludes halogenated alkanes) is 4. The van der Waals surface area contributed by atoms with Crippen LogP contribution in [0.15, 0.2) is 24.3 Å². The molecule has 0 aliphatic carbocycles. The number of hydrogen-bond acceptors (Lipinski definition) is 3. The topological polar surface area (TPSA) is 35.5 Å². The van der Waals surface area contributed by atoms with Crippen molar-refractivity contribution in [2.45, 2.75) is 80.1 Å². The van der Waals surface area contributed by atoms with Crippen LogP contribution >= 0.6 is 8.58 Å². The summed E-state index contributed by atoms with van der Waals surface area (Å²) in [5, 5.41) is 0.958. The Kier molecular flexibility index (Phi) is 13.3. The van der Waals surface area contributed by atoms with Gasteiger partial charge in [0, 0.05) is 35.8 Å². The van der Waals surface area contributed by atoms with Gasteiger partial charge in [-0.15, -0.1) is 0 Å². The van der Waals surface area contributed by atoms with E-state index in [9.17, 15) is 4.79 Å². The molecule has 0 aliphatic heterocycles. The third-order valence-corrected chi connectivity index (χ3v) is 6.97. The SMILES string of the molecule is CCCCCOc1ccc(PC(=O)c2c(C)cc(C)c(C)c2C)c(OCCCCC)c1.[Li]. The average molecular weight is 450 g/mol. The molecular formula is C27H39LiO3P. The van der Waals surface area contributed by atoms with E-state index >= 15 is 0 Å². The summed E-state index contributed by atoms with van der Waals surface area (Å²) in [6.07, 6.45) is 6.71. The summed E-state index contributed by atoms with van der Waals surface area (Å²) in [6, 6.07) is 8.07. The summed E-state index contributed by atoms with van der Waals surface area (Å²) < 4.78 is 12.0. The molecule has 1 atom stereocenters. The van der Waals surface area contributed by atoms with Crippen molar-refractivity contribution in [3.8, 4) is 11.5 Å². The average Bonchev–Trinajstić information content (AvgIpc) is 2.74. The largest absolute Gasteiger partial charge is 0.493 e. The van der Waals surface area contributed by atoms with Gasteiger partial charge in [0.15, 0.2) is 5.52 Å². The molecular weight excluding hydrogens is 410 g/mol. The number of benzene rings is 2. The number of aryl methyl sites for hydroxylation is 2. The van der Waals surface area contributed by atoms with E-state index in [0.29, 0.717) is 13.2 Å². The van der Waals surface area contributed by atoms with Gasteiger partial charge < -0.3 is 9.47 Å². The number of hydrogen-bond donors (Lipinski definition) is 0. The predicted octanol–water partition coefficient (Wildman–Crippen LogP) is 6.82. The first-order valence-corrected chi connectivity index (χ1v) is 12.7. The molecule has 32 heavy (non-hydrogen) atoms. The summed E-state index contributed by atoms with van der Waals surface area (Å²) in [6.45, 7) is 14.0. The van der Waals surface area contributed by atoms with Crippen LogP contribution in [0.25, 0.3) is 0 Å². The van der Waals surface area contributed by atoms with Crippen LogP contribution in [0.1, 0.15) is 85.0 Å². The molecule has 0 fully saturated rings. The van der Waals surface area contributed by atoms with Crippen molar-refractivity contribution in [1.29, 1.82) is 0 Å². The maximum atomic E-state index is 13.3. The van der Waals surface area contributed by atoms with Crippen LogP contribution in [0.4, 0.5) is 0 Å². The van der Waals surface area contributed by atoms with E-state index in [1.54, 1.807) is 0 Å². The van der Waals surface area contributed by atoms with Crippen molar-refractivity contribution < 1.29 is 14.3 Å². The Hall–Kier alpha value is -1.26. The Bertz CT molecular complexity index is 880. The number of ether oxygens (including phenoxy) is 2. The van der Waals surface area contributed by atoms with Gasteiger partial charge in [-0.05, 0) is 83.5 Å².